The lowest BCUT2D eigenvalue weighted by Crippen LogP contribution is -2.60. The molecule has 1 heterocycles. The lowest BCUT2D eigenvalue weighted by Gasteiger charge is -2.40. The van der Waals surface area contributed by atoms with Gasteiger partial charge in [0.15, 0.2) is 6.29 Å². The summed E-state index contributed by atoms with van der Waals surface area (Å²) in [6, 6.07) is -1.19. The topological polar surface area (TPSA) is 189 Å². The standard InChI is InChI=1S/C46H87NO10/c1-3-5-7-9-11-13-15-16-17-18-19-20-21-22-24-25-27-29-31-33-38(49)41(51)37(36-56-46-44(54)43(53)42(52)40(35-48)57-46)47-45(55)39(50)34-32-30-28-26-23-14-12-10-8-6-4-2/h20-21,25,27,37-44,46,48-54H,3-19,22-24,26,28-36H2,1-2H3,(H,47,55)/b21-20+,27-25+. The van der Waals surface area contributed by atoms with Gasteiger partial charge in [-0.3, -0.25) is 4.79 Å². The first-order valence-electron chi connectivity index (χ1n) is 23.2. The van der Waals surface area contributed by atoms with Crippen LogP contribution in [-0.2, 0) is 14.3 Å². The van der Waals surface area contributed by atoms with E-state index in [-0.39, 0.29) is 12.8 Å². The zero-order valence-corrected chi connectivity index (χ0v) is 36.1. The third kappa shape index (κ3) is 26.4. The number of unbranched alkanes of at least 4 members (excludes halogenated alkanes) is 22. The molecular formula is C46H87NO10. The third-order valence-corrected chi connectivity index (χ3v) is 11.2. The summed E-state index contributed by atoms with van der Waals surface area (Å²) in [5, 5.41) is 75.5. The van der Waals surface area contributed by atoms with E-state index in [0.29, 0.717) is 19.3 Å². The van der Waals surface area contributed by atoms with Crippen LogP contribution in [0.4, 0.5) is 0 Å². The van der Waals surface area contributed by atoms with Gasteiger partial charge in [-0.15, -0.1) is 0 Å². The van der Waals surface area contributed by atoms with Crippen molar-refractivity contribution in [2.24, 2.45) is 0 Å². The van der Waals surface area contributed by atoms with E-state index in [0.717, 1.165) is 38.5 Å². The maximum atomic E-state index is 13.0. The van der Waals surface area contributed by atoms with Gasteiger partial charge in [0.2, 0.25) is 5.91 Å². The number of aliphatic hydroxyl groups excluding tert-OH is 7. The number of nitrogens with one attached hydrogen (secondary N) is 1. The maximum Gasteiger partial charge on any atom is 0.249 e. The van der Waals surface area contributed by atoms with Gasteiger partial charge in [0.1, 0.15) is 36.6 Å². The summed E-state index contributed by atoms with van der Waals surface area (Å²) in [5.74, 6) is -0.712. The molecule has 9 unspecified atom stereocenters. The second-order valence-electron chi connectivity index (χ2n) is 16.5. The Bertz CT molecular complexity index is 981. The Labute approximate surface area is 346 Å². The first-order chi connectivity index (χ1) is 27.7. The number of hydrogen-bond acceptors (Lipinski definition) is 10. The molecule has 1 aliphatic heterocycles. The van der Waals surface area contributed by atoms with E-state index < -0.39 is 74.2 Å². The molecule has 1 saturated heterocycles. The van der Waals surface area contributed by atoms with Gasteiger partial charge in [-0.05, 0) is 51.4 Å². The molecule has 0 radical (unpaired) electrons. The zero-order chi connectivity index (χ0) is 41.9. The highest BCUT2D eigenvalue weighted by atomic mass is 16.7. The van der Waals surface area contributed by atoms with Gasteiger partial charge in [-0.2, -0.15) is 0 Å². The second-order valence-corrected chi connectivity index (χ2v) is 16.5. The fraction of sp³-hybridized carbons (Fsp3) is 0.891. The molecule has 0 saturated carbocycles. The van der Waals surface area contributed by atoms with Crippen LogP contribution in [0, 0.1) is 0 Å². The molecule has 1 fully saturated rings. The van der Waals surface area contributed by atoms with Gasteiger partial charge >= 0.3 is 0 Å². The van der Waals surface area contributed by atoms with E-state index in [1.165, 1.54) is 109 Å². The van der Waals surface area contributed by atoms with Gasteiger partial charge in [-0.1, -0.05) is 167 Å². The van der Waals surface area contributed by atoms with Crippen LogP contribution in [0.15, 0.2) is 24.3 Å². The highest BCUT2D eigenvalue weighted by molar-refractivity contribution is 5.80. The molecule has 1 aliphatic rings. The lowest BCUT2D eigenvalue weighted by atomic mass is 9.98. The van der Waals surface area contributed by atoms with E-state index in [2.05, 4.69) is 43.5 Å². The van der Waals surface area contributed by atoms with E-state index in [1.807, 2.05) is 0 Å². The number of allylic oxidation sites excluding steroid dienone is 4. The largest absolute Gasteiger partial charge is 0.394 e. The van der Waals surface area contributed by atoms with Crippen molar-refractivity contribution in [2.45, 2.75) is 249 Å². The molecule has 9 atom stereocenters. The Hall–Kier alpha value is -1.41. The van der Waals surface area contributed by atoms with Gasteiger partial charge in [-0.25, -0.2) is 0 Å². The van der Waals surface area contributed by atoms with Crippen LogP contribution in [0.1, 0.15) is 194 Å². The molecule has 0 aromatic rings. The minimum Gasteiger partial charge on any atom is -0.394 e. The van der Waals surface area contributed by atoms with Gasteiger partial charge in [0, 0.05) is 0 Å². The number of rotatable bonds is 38. The monoisotopic (exact) mass is 814 g/mol. The molecule has 8 N–H and O–H groups in total. The Morgan fingerprint density at radius 3 is 1.56 bits per heavy atom. The van der Waals surface area contributed by atoms with Crippen molar-refractivity contribution >= 4 is 5.91 Å². The van der Waals surface area contributed by atoms with Crippen LogP contribution < -0.4 is 5.32 Å². The number of carbonyl (C=O) groups excluding carboxylic acids is 1. The molecule has 0 aromatic heterocycles. The Morgan fingerprint density at radius 2 is 1.05 bits per heavy atom. The van der Waals surface area contributed by atoms with Crippen molar-refractivity contribution in [1.82, 2.24) is 5.32 Å². The molecule has 0 bridgehead atoms. The first kappa shape index (κ1) is 53.6. The fourth-order valence-corrected chi connectivity index (χ4v) is 7.34. The summed E-state index contributed by atoms with van der Waals surface area (Å²) in [6.07, 6.45) is 28.1. The summed E-state index contributed by atoms with van der Waals surface area (Å²) in [7, 11) is 0. The summed E-state index contributed by atoms with van der Waals surface area (Å²) in [6.45, 7) is 3.40. The highest BCUT2D eigenvalue weighted by Crippen LogP contribution is 2.23. The van der Waals surface area contributed by atoms with Crippen LogP contribution in [0.5, 0.6) is 0 Å². The number of aliphatic hydroxyl groups is 7. The number of amides is 1. The second kappa shape index (κ2) is 36.4. The van der Waals surface area contributed by atoms with Crippen molar-refractivity contribution < 1.29 is 50.0 Å². The summed E-state index contributed by atoms with van der Waals surface area (Å²) >= 11 is 0. The summed E-state index contributed by atoms with van der Waals surface area (Å²) < 4.78 is 11.1. The quantitative estimate of drug-likeness (QED) is 0.0230. The average Bonchev–Trinajstić information content (AvgIpc) is 3.21. The number of hydrogen-bond donors (Lipinski definition) is 8. The van der Waals surface area contributed by atoms with E-state index in [9.17, 15) is 40.5 Å². The van der Waals surface area contributed by atoms with E-state index >= 15 is 0 Å². The minimum atomic E-state index is -1.67. The fourth-order valence-electron chi connectivity index (χ4n) is 7.34. The molecule has 57 heavy (non-hydrogen) atoms. The average molecular weight is 814 g/mol. The predicted molar refractivity (Wildman–Crippen MR) is 229 cm³/mol. The van der Waals surface area contributed by atoms with Crippen LogP contribution >= 0.6 is 0 Å². The van der Waals surface area contributed by atoms with E-state index in [1.54, 1.807) is 0 Å². The van der Waals surface area contributed by atoms with Crippen molar-refractivity contribution in [3.8, 4) is 0 Å². The molecule has 11 nitrogen and oxygen atoms in total. The Balaban J connectivity index is 2.48. The van der Waals surface area contributed by atoms with Crippen molar-refractivity contribution in [2.75, 3.05) is 13.2 Å². The maximum absolute atomic E-state index is 13.0. The first-order valence-corrected chi connectivity index (χ1v) is 23.2. The molecule has 1 amide bonds. The van der Waals surface area contributed by atoms with Crippen LogP contribution in [0.3, 0.4) is 0 Å². The van der Waals surface area contributed by atoms with Crippen molar-refractivity contribution in [1.29, 1.82) is 0 Å². The molecule has 1 rings (SSSR count). The van der Waals surface area contributed by atoms with Crippen LogP contribution in [0.2, 0.25) is 0 Å². The normalized spacial score (nSPS) is 22.3. The molecule has 11 heteroatoms. The smallest absolute Gasteiger partial charge is 0.249 e. The number of carbonyl (C=O) groups is 1. The zero-order valence-electron chi connectivity index (χ0n) is 36.1. The van der Waals surface area contributed by atoms with Gasteiger partial charge in [0.05, 0.1) is 25.4 Å². The van der Waals surface area contributed by atoms with E-state index in [4.69, 9.17) is 9.47 Å². The minimum absolute atomic E-state index is 0.248. The third-order valence-electron chi connectivity index (χ3n) is 11.2. The molecule has 0 aliphatic carbocycles. The lowest BCUT2D eigenvalue weighted by molar-refractivity contribution is -0.303. The summed E-state index contributed by atoms with van der Waals surface area (Å²) in [4.78, 5) is 13.0. The van der Waals surface area contributed by atoms with Crippen LogP contribution in [0.25, 0.3) is 0 Å². The Morgan fingerprint density at radius 1 is 0.596 bits per heavy atom. The Kier molecular flexibility index (Phi) is 34.3. The SMILES string of the molecule is CCCCCCCCCCCC/C=C/CC/C=C/CCCC(O)C(O)C(COC1OC(CO)C(O)C(O)C1O)NC(=O)C(O)CCCCCCCCCCCCC. The molecule has 336 valence electrons. The van der Waals surface area contributed by atoms with Crippen molar-refractivity contribution in [3.05, 3.63) is 24.3 Å². The highest BCUT2D eigenvalue weighted by Gasteiger charge is 2.44. The predicted octanol–water partition coefficient (Wildman–Crippen LogP) is 7.45. The molecule has 0 aromatic carbocycles. The number of ether oxygens (including phenoxy) is 2. The van der Waals surface area contributed by atoms with Crippen molar-refractivity contribution in [3.63, 3.8) is 0 Å². The molecule has 0 spiro atoms. The van der Waals surface area contributed by atoms with Crippen LogP contribution in [-0.4, -0.2) is 110 Å². The van der Waals surface area contributed by atoms with Gasteiger partial charge in [0.25, 0.3) is 0 Å². The van der Waals surface area contributed by atoms with Gasteiger partial charge < -0.3 is 50.5 Å². The molecular weight excluding hydrogens is 727 g/mol. The summed E-state index contributed by atoms with van der Waals surface area (Å²) in [5.41, 5.74) is 0.